The molecule has 1 spiro atoms. The predicted molar refractivity (Wildman–Crippen MR) is 170 cm³/mol. The molecule has 242 valence electrons. The molecule has 6 unspecified atom stereocenters. The van der Waals surface area contributed by atoms with Crippen LogP contribution in [-0.4, -0.2) is 46.5 Å². The van der Waals surface area contributed by atoms with Crippen molar-refractivity contribution in [2.45, 2.75) is 127 Å². The van der Waals surface area contributed by atoms with E-state index in [0.29, 0.717) is 60.9 Å². The number of hydrogen-bond donors (Lipinski definition) is 0. The van der Waals surface area contributed by atoms with Gasteiger partial charge in [-0.15, -0.1) is 0 Å². The molecule has 0 aromatic carbocycles. The van der Waals surface area contributed by atoms with Crippen molar-refractivity contribution in [1.29, 1.82) is 0 Å². The van der Waals surface area contributed by atoms with E-state index in [1.165, 1.54) is 0 Å². The quantitative estimate of drug-likeness (QED) is 0.215. The highest BCUT2D eigenvalue weighted by Gasteiger charge is 2.89. The number of ether oxygens (including phenoxy) is 6. The van der Waals surface area contributed by atoms with Crippen LogP contribution in [0.5, 0.6) is 0 Å². The average molecular weight is 629 g/mol. The van der Waals surface area contributed by atoms with Gasteiger partial charge in [-0.05, 0) is 76.5 Å². The third kappa shape index (κ3) is 3.61. The van der Waals surface area contributed by atoms with Gasteiger partial charge < -0.3 is 36.8 Å². The van der Waals surface area contributed by atoms with E-state index in [1.807, 2.05) is 24.3 Å². The van der Waals surface area contributed by atoms with Crippen LogP contribution >= 0.6 is 10.6 Å². The van der Waals surface area contributed by atoms with E-state index in [1.54, 1.807) is 20.3 Å². The van der Waals surface area contributed by atoms with Crippen molar-refractivity contribution in [3.63, 3.8) is 0 Å². The van der Waals surface area contributed by atoms with E-state index < -0.39 is 42.9 Å². The molecular formula is C35H48O8S. The van der Waals surface area contributed by atoms with Crippen LogP contribution < -0.4 is 0 Å². The minimum Gasteiger partial charge on any atom is -0.487 e. The maximum absolute atomic E-state index is 7.23. The highest BCUT2D eigenvalue weighted by Crippen LogP contribution is 2.94. The van der Waals surface area contributed by atoms with Crippen LogP contribution in [0.15, 0.2) is 76.2 Å². The highest BCUT2D eigenvalue weighted by molar-refractivity contribution is 8.34. The first-order valence-corrected chi connectivity index (χ1v) is 17.3. The lowest BCUT2D eigenvalue weighted by molar-refractivity contribution is -0.288. The lowest BCUT2D eigenvalue weighted by Crippen LogP contribution is -2.73. The van der Waals surface area contributed by atoms with E-state index in [2.05, 4.69) is 68.0 Å². The van der Waals surface area contributed by atoms with Gasteiger partial charge in [0, 0.05) is 51.0 Å². The Bertz CT molecular complexity index is 1470. The Morgan fingerprint density at radius 3 is 1.82 bits per heavy atom. The van der Waals surface area contributed by atoms with Crippen LogP contribution in [0.4, 0.5) is 0 Å². The second-order valence-corrected chi connectivity index (χ2v) is 15.8. The average Bonchev–Trinajstić information content (AvgIpc) is 3.63. The van der Waals surface area contributed by atoms with Gasteiger partial charge in [0.2, 0.25) is 9.87 Å². The van der Waals surface area contributed by atoms with Crippen LogP contribution in [-0.2, 0) is 36.8 Å². The molecule has 4 aliphatic heterocycles. The van der Waals surface area contributed by atoms with Crippen molar-refractivity contribution in [1.82, 2.24) is 0 Å². The fraction of sp³-hybridized carbons (Fsp3) is 0.629. The van der Waals surface area contributed by atoms with Crippen molar-refractivity contribution in [3.05, 3.63) is 76.2 Å². The maximum Gasteiger partial charge on any atom is 0.228 e. The number of methoxy groups -OCH3 is 2. The van der Waals surface area contributed by atoms with Crippen molar-refractivity contribution < 1.29 is 36.8 Å². The molecule has 0 aromatic rings. The summed E-state index contributed by atoms with van der Waals surface area (Å²) in [7, 11) is 0.817. The van der Waals surface area contributed by atoms with E-state index in [-0.39, 0.29) is 0 Å². The van der Waals surface area contributed by atoms with Gasteiger partial charge in [-0.3, -0.25) is 0 Å². The summed E-state index contributed by atoms with van der Waals surface area (Å²) in [5.74, 6) is 3.72. The molecule has 6 rings (SSSR count). The first-order chi connectivity index (χ1) is 20.7. The standard InChI is InChI=1S/C35H48O8S/c1-12-30(6)32(8)33(9)31(7,13-2)39-26-18-23(5)29(22-28(21-26)41-33)43-44(34(14-3,36-10)35(44,15-4)37-11)42-25-17-16-24(38-30)19-27(20-25)40-32/h17,19-22H,12-15,18H2,1-11H3. The fourth-order valence-corrected chi connectivity index (χ4v) is 12.1. The molecule has 0 N–H and O–H groups in total. The number of allylic oxidation sites excluding steroid dienone is 5. The van der Waals surface area contributed by atoms with Crippen LogP contribution in [0, 0.1) is 0 Å². The predicted octanol–water partition coefficient (Wildman–Crippen LogP) is 8.40. The molecule has 44 heavy (non-hydrogen) atoms. The van der Waals surface area contributed by atoms with Gasteiger partial charge in [0.1, 0.15) is 28.5 Å². The van der Waals surface area contributed by atoms with Gasteiger partial charge in [-0.2, -0.15) is 0 Å². The zero-order valence-electron chi connectivity index (χ0n) is 28.1. The van der Waals surface area contributed by atoms with E-state index in [9.17, 15) is 0 Å². The Kier molecular flexibility index (Phi) is 7.03. The zero-order valence-corrected chi connectivity index (χ0v) is 28.9. The monoisotopic (exact) mass is 628 g/mol. The van der Waals surface area contributed by atoms with Crippen molar-refractivity contribution in [3.8, 4) is 0 Å². The Balaban J connectivity index is 1.68. The summed E-state index contributed by atoms with van der Waals surface area (Å²) in [4.78, 5) is -1.67. The normalized spacial score (nSPS) is 44.8. The summed E-state index contributed by atoms with van der Waals surface area (Å²) < 4.78 is 55.2. The molecule has 1 saturated heterocycles. The Morgan fingerprint density at radius 1 is 0.705 bits per heavy atom. The molecule has 6 aliphatic rings. The molecule has 6 atom stereocenters. The number of hydrogen-bond acceptors (Lipinski definition) is 8. The largest absolute Gasteiger partial charge is 0.487 e. The second-order valence-electron chi connectivity index (χ2n) is 13.2. The molecular weight excluding hydrogens is 580 g/mol. The topological polar surface area (TPSA) is 73.8 Å². The van der Waals surface area contributed by atoms with Crippen molar-refractivity contribution in [2.75, 3.05) is 14.2 Å². The lowest BCUT2D eigenvalue weighted by atomic mass is 9.64. The van der Waals surface area contributed by atoms with Gasteiger partial charge in [0.15, 0.2) is 28.5 Å². The van der Waals surface area contributed by atoms with Gasteiger partial charge in [0.25, 0.3) is 0 Å². The minimum absolute atomic E-state index is 0.524. The molecule has 1 fully saturated rings. The van der Waals surface area contributed by atoms with Gasteiger partial charge in [0.05, 0.1) is 0 Å². The van der Waals surface area contributed by atoms with Crippen molar-refractivity contribution >= 4 is 10.6 Å². The molecule has 0 radical (unpaired) electrons. The molecule has 8 bridgehead atoms. The fourth-order valence-electron chi connectivity index (χ4n) is 7.96. The summed E-state index contributed by atoms with van der Waals surface area (Å²) in [5, 5.41) is 0. The van der Waals surface area contributed by atoms with Crippen LogP contribution in [0.3, 0.4) is 0 Å². The third-order valence-corrected chi connectivity index (χ3v) is 15.3. The van der Waals surface area contributed by atoms with E-state index in [0.717, 1.165) is 11.3 Å². The smallest absolute Gasteiger partial charge is 0.228 e. The van der Waals surface area contributed by atoms with Crippen LogP contribution in [0.1, 0.15) is 94.4 Å². The van der Waals surface area contributed by atoms with E-state index in [4.69, 9.17) is 36.8 Å². The van der Waals surface area contributed by atoms with Gasteiger partial charge >= 0.3 is 0 Å². The third-order valence-electron chi connectivity index (χ3n) is 11.4. The number of fused-ring (bicyclic) bond motifs is 5. The van der Waals surface area contributed by atoms with Gasteiger partial charge in [-0.25, -0.2) is 0 Å². The molecule has 0 aromatic heterocycles. The lowest BCUT2D eigenvalue weighted by Gasteiger charge is -2.58. The first-order valence-electron chi connectivity index (χ1n) is 15.8. The Hall–Kier alpha value is -2.71. The van der Waals surface area contributed by atoms with Gasteiger partial charge in [-0.1, -0.05) is 33.4 Å². The van der Waals surface area contributed by atoms with Crippen molar-refractivity contribution in [2.24, 2.45) is 0 Å². The maximum atomic E-state index is 7.23. The molecule has 8 nitrogen and oxygen atoms in total. The molecule has 9 heteroatoms. The summed E-state index contributed by atoms with van der Waals surface area (Å²) >= 11 is 0. The summed E-state index contributed by atoms with van der Waals surface area (Å²) in [5.41, 5.74) is 0.600. The zero-order chi connectivity index (χ0) is 32.0. The molecule has 2 aliphatic carbocycles. The highest BCUT2D eigenvalue weighted by atomic mass is 32.3. The second kappa shape index (κ2) is 9.89. The summed E-state index contributed by atoms with van der Waals surface area (Å²) in [6, 6.07) is 0. The molecule has 0 amide bonds. The summed E-state index contributed by atoms with van der Waals surface area (Å²) in [6.45, 7) is 18.8. The minimum atomic E-state index is -2.59. The van der Waals surface area contributed by atoms with Crippen LogP contribution in [0.25, 0.3) is 0 Å². The van der Waals surface area contributed by atoms with E-state index >= 15 is 0 Å². The Morgan fingerprint density at radius 2 is 1.27 bits per heavy atom. The SMILES string of the molecule is CCC1(C)OC2=C=CC3=CC(=C2)OC1(C)C1(C)OC2=CC(=C(C)CC(=C2)OC1(C)CC)OS1(O3)C(CC)(OC)C1(CC)OC. The van der Waals surface area contributed by atoms with Crippen LogP contribution in [0.2, 0.25) is 0 Å². The first kappa shape index (κ1) is 31.3. The number of rotatable bonds is 6. The molecule has 0 saturated carbocycles. The Labute approximate surface area is 264 Å². The molecule has 4 heterocycles. The summed E-state index contributed by atoms with van der Waals surface area (Å²) in [6.07, 6.45) is 12.6.